The minimum atomic E-state index is -0.433. The number of alkyl halides is 1. The molecule has 13 heavy (non-hydrogen) atoms. The third-order valence-corrected chi connectivity index (χ3v) is 2.88. The van der Waals surface area contributed by atoms with Crippen molar-refractivity contribution in [1.29, 1.82) is 0 Å². The maximum Gasteiger partial charge on any atom is 0.116 e. The van der Waals surface area contributed by atoms with E-state index >= 15 is 0 Å². The summed E-state index contributed by atoms with van der Waals surface area (Å²) < 4.78 is 13.2. The van der Waals surface area contributed by atoms with E-state index in [1.54, 1.807) is 6.07 Å². The quantitative estimate of drug-likeness (QED) is 0.871. The van der Waals surface area contributed by atoms with E-state index in [-0.39, 0.29) is 0 Å². The first kappa shape index (κ1) is 10.7. The van der Waals surface area contributed by atoms with Gasteiger partial charge < -0.3 is 5.73 Å². The molecule has 1 unspecified atom stereocenters. The van der Waals surface area contributed by atoms with Crippen molar-refractivity contribution in [1.82, 2.24) is 0 Å². The number of nitrogens with two attached hydrogens (primary N) is 1. The molecule has 0 spiro atoms. The van der Waals surface area contributed by atoms with Crippen LogP contribution >= 0.6 is 15.9 Å². The molecule has 0 radical (unpaired) electrons. The van der Waals surface area contributed by atoms with Gasteiger partial charge in [0.15, 0.2) is 0 Å². The molecule has 0 amide bonds. The summed E-state index contributed by atoms with van der Waals surface area (Å²) in [6.07, 6.45) is 0. The number of hydrogen-bond acceptors (Lipinski definition) is 1. The fourth-order valence-corrected chi connectivity index (χ4v) is 1.62. The first-order chi connectivity index (χ1) is 6.19. The minimum absolute atomic E-state index is 0.324. The van der Waals surface area contributed by atoms with E-state index in [4.69, 9.17) is 5.73 Å². The molecule has 2 N–H and O–H groups in total. The molecule has 1 aromatic carbocycles. The maximum atomic E-state index is 12.3. The second-order valence-corrected chi connectivity index (χ2v) is 3.98. The molecule has 0 aromatic heterocycles. The highest BCUT2D eigenvalue weighted by Gasteiger charge is 2.05. The molecule has 0 heterocycles. The molecular formula is C10H13BrFN. The van der Waals surface area contributed by atoms with Crippen LogP contribution < -0.4 is 5.73 Å². The van der Waals surface area contributed by atoms with E-state index in [2.05, 4.69) is 22.9 Å². The molecule has 1 rings (SSSR count). The van der Waals surface area contributed by atoms with E-state index in [1.165, 1.54) is 0 Å². The van der Waals surface area contributed by atoms with Crippen LogP contribution in [0, 0.1) is 0 Å². The Labute approximate surface area is 86.3 Å². The molecule has 1 aromatic rings. The molecule has 0 saturated heterocycles. The molecule has 0 saturated carbocycles. The number of rotatable bonds is 3. The van der Waals surface area contributed by atoms with Crippen molar-refractivity contribution in [3.8, 4) is 0 Å². The Morgan fingerprint density at radius 2 is 2.23 bits per heavy atom. The summed E-state index contributed by atoms with van der Waals surface area (Å²) in [6.45, 7) is 2.23. The summed E-state index contributed by atoms with van der Waals surface area (Å²) in [7, 11) is 0. The topological polar surface area (TPSA) is 26.0 Å². The Morgan fingerprint density at radius 3 is 2.69 bits per heavy atom. The zero-order chi connectivity index (χ0) is 9.84. The van der Waals surface area contributed by atoms with Crippen LogP contribution in [0.2, 0.25) is 0 Å². The highest BCUT2D eigenvalue weighted by molar-refractivity contribution is 9.10. The van der Waals surface area contributed by atoms with Gasteiger partial charge in [0.05, 0.1) is 0 Å². The summed E-state index contributed by atoms with van der Waals surface area (Å²) in [5, 5.41) is 0. The van der Waals surface area contributed by atoms with Gasteiger partial charge in [-0.3, -0.25) is 0 Å². The van der Waals surface area contributed by atoms with Crippen molar-refractivity contribution in [2.75, 3.05) is 6.54 Å². The van der Waals surface area contributed by atoms with Crippen molar-refractivity contribution in [2.45, 2.75) is 19.5 Å². The first-order valence-electron chi connectivity index (χ1n) is 4.23. The summed E-state index contributed by atoms with van der Waals surface area (Å²) in [6, 6.07) is 5.66. The van der Waals surface area contributed by atoms with Crippen molar-refractivity contribution in [3.05, 3.63) is 33.8 Å². The van der Waals surface area contributed by atoms with Crippen LogP contribution in [-0.4, -0.2) is 6.54 Å². The molecule has 72 valence electrons. The zero-order valence-corrected chi connectivity index (χ0v) is 9.14. The van der Waals surface area contributed by atoms with Crippen LogP contribution in [0.5, 0.6) is 0 Å². The van der Waals surface area contributed by atoms with Crippen molar-refractivity contribution in [2.24, 2.45) is 5.73 Å². The Bertz CT molecular complexity index is 288. The predicted octanol–water partition coefficient (Wildman–Crippen LogP) is 2.98. The monoisotopic (exact) mass is 245 g/mol. The molecule has 0 aliphatic carbocycles. The third-order valence-electron chi connectivity index (χ3n) is 2.14. The summed E-state index contributed by atoms with van der Waals surface area (Å²) in [5.74, 6) is 0.324. The highest BCUT2D eigenvalue weighted by Crippen LogP contribution is 2.23. The number of halogens is 2. The van der Waals surface area contributed by atoms with Gasteiger partial charge >= 0.3 is 0 Å². The molecular weight excluding hydrogens is 233 g/mol. The van der Waals surface area contributed by atoms with E-state index < -0.39 is 6.67 Å². The Balaban J connectivity index is 2.95. The SMILES string of the molecule is CC(CN)c1ccc(CF)c(Br)c1. The standard InChI is InChI=1S/C10H13BrFN/c1-7(6-13)8-2-3-9(5-12)10(11)4-8/h2-4,7H,5-6,13H2,1H3. The van der Waals surface area contributed by atoms with Gasteiger partial charge in [-0.2, -0.15) is 0 Å². The van der Waals surface area contributed by atoms with E-state index in [0.29, 0.717) is 18.0 Å². The van der Waals surface area contributed by atoms with Crippen LogP contribution in [-0.2, 0) is 6.67 Å². The largest absolute Gasteiger partial charge is 0.330 e. The van der Waals surface area contributed by atoms with Crippen molar-refractivity contribution < 1.29 is 4.39 Å². The molecule has 3 heteroatoms. The molecule has 1 atom stereocenters. The van der Waals surface area contributed by atoms with E-state index in [9.17, 15) is 4.39 Å². The van der Waals surface area contributed by atoms with Gasteiger partial charge in [-0.05, 0) is 29.7 Å². The fourth-order valence-electron chi connectivity index (χ4n) is 1.11. The second kappa shape index (κ2) is 4.72. The zero-order valence-electron chi connectivity index (χ0n) is 7.56. The predicted molar refractivity (Wildman–Crippen MR) is 56.4 cm³/mol. The van der Waals surface area contributed by atoms with Crippen LogP contribution in [0.1, 0.15) is 24.0 Å². The lowest BCUT2D eigenvalue weighted by Crippen LogP contribution is -2.08. The minimum Gasteiger partial charge on any atom is -0.330 e. The average molecular weight is 246 g/mol. The van der Waals surface area contributed by atoms with Crippen LogP contribution in [0.3, 0.4) is 0 Å². The van der Waals surface area contributed by atoms with Crippen molar-refractivity contribution >= 4 is 15.9 Å². The van der Waals surface area contributed by atoms with Gasteiger partial charge in [-0.15, -0.1) is 0 Å². The van der Waals surface area contributed by atoms with Gasteiger partial charge in [0.1, 0.15) is 6.67 Å². The van der Waals surface area contributed by atoms with Crippen molar-refractivity contribution in [3.63, 3.8) is 0 Å². The van der Waals surface area contributed by atoms with E-state index in [1.807, 2.05) is 12.1 Å². The van der Waals surface area contributed by atoms with Crippen LogP contribution in [0.15, 0.2) is 22.7 Å². The lowest BCUT2D eigenvalue weighted by molar-refractivity contribution is 0.484. The highest BCUT2D eigenvalue weighted by atomic mass is 79.9. The second-order valence-electron chi connectivity index (χ2n) is 3.12. The Hall–Kier alpha value is -0.410. The van der Waals surface area contributed by atoms with Gasteiger partial charge in [0.2, 0.25) is 0 Å². The van der Waals surface area contributed by atoms with Gasteiger partial charge in [0.25, 0.3) is 0 Å². The average Bonchev–Trinajstić information content (AvgIpc) is 2.16. The van der Waals surface area contributed by atoms with Crippen LogP contribution in [0.25, 0.3) is 0 Å². The normalized spacial score (nSPS) is 12.9. The van der Waals surface area contributed by atoms with Gasteiger partial charge in [-0.1, -0.05) is 35.0 Å². The third kappa shape index (κ3) is 2.51. The van der Waals surface area contributed by atoms with Gasteiger partial charge in [0, 0.05) is 4.47 Å². The van der Waals surface area contributed by atoms with E-state index in [0.717, 1.165) is 10.0 Å². The Kier molecular flexibility index (Phi) is 3.88. The first-order valence-corrected chi connectivity index (χ1v) is 5.02. The molecule has 0 aliphatic heterocycles. The molecule has 0 fully saturated rings. The van der Waals surface area contributed by atoms with Gasteiger partial charge in [-0.25, -0.2) is 4.39 Å². The smallest absolute Gasteiger partial charge is 0.116 e. The lowest BCUT2D eigenvalue weighted by Gasteiger charge is -2.10. The fraction of sp³-hybridized carbons (Fsp3) is 0.400. The summed E-state index contributed by atoms with van der Waals surface area (Å²) >= 11 is 3.32. The number of hydrogen-bond donors (Lipinski definition) is 1. The number of benzene rings is 1. The van der Waals surface area contributed by atoms with Crippen LogP contribution in [0.4, 0.5) is 4.39 Å². The molecule has 0 bridgehead atoms. The molecule has 1 nitrogen and oxygen atoms in total. The summed E-state index contributed by atoms with van der Waals surface area (Å²) in [5.41, 5.74) is 7.37. The Morgan fingerprint density at radius 1 is 1.54 bits per heavy atom. The maximum absolute atomic E-state index is 12.3. The lowest BCUT2D eigenvalue weighted by atomic mass is 10.0. The molecule has 0 aliphatic rings. The summed E-state index contributed by atoms with van der Waals surface area (Å²) in [4.78, 5) is 0.